The predicted molar refractivity (Wildman–Crippen MR) is 114 cm³/mol. The maximum Gasteiger partial charge on any atom is 0.265 e. The van der Waals surface area contributed by atoms with E-state index in [1.165, 1.54) is 23.9 Å². The third-order valence-electron chi connectivity index (χ3n) is 5.15. The number of halogens is 1. The van der Waals surface area contributed by atoms with Crippen LogP contribution in [-0.2, 0) is 14.9 Å². The van der Waals surface area contributed by atoms with Crippen LogP contribution in [0.2, 0.25) is 0 Å². The quantitative estimate of drug-likeness (QED) is 0.597. The number of aromatic nitrogens is 1. The molecule has 2 atom stereocenters. The van der Waals surface area contributed by atoms with Crippen LogP contribution in [0, 0.1) is 18.7 Å². The predicted octanol–water partition coefficient (Wildman–Crippen LogP) is 3.10. The van der Waals surface area contributed by atoms with Crippen molar-refractivity contribution in [3.63, 3.8) is 0 Å². The number of hydrogen-bond donors (Lipinski definition) is 3. The van der Waals surface area contributed by atoms with Gasteiger partial charge in [0.15, 0.2) is 0 Å². The summed E-state index contributed by atoms with van der Waals surface area (Å²) >= 11 is 1.49. The molecule has 0 bridgehead atoms. The number of H-pyrrole nitrogens is 1. The molecule has 0 spiro atoms. The van der Waals surface area contributed by atoms with Gasteiger partial charge in [0.2, 0.25) is 0 Å². The molecule has 1 saturated heterocycles. The number of anilines is 1. The summed E-state index contributed by atoms with van der Waals surface area (Å²) in [5, 5.41) is 4.89. The minimum atomic E-state index is -4.10. The van der Waals surface area contributed by atoms with Gasteiger partial charge >= 0.3 is 0 Å². The number of nitrogens with one attached hydrogen (secondary N) is 2. The number of fused-ring (bicyclic) bond motifs is 1. The summed E-state index contributed by atoms with van der Waals surface area (Å²) in [6, 6.07) is 4.74. The zero-order chi connectivity index (χ0) is 20.6. The Labute approximate surface area is 173 Å². The summed E-state index contributed by atoms with van der Waals surface area (Å²) < 4.78 is 50.8. The van der Waals surface area contributed by atoms with E-state index in [9.17, 15) is 12.8 Å². The smallest absolute Gasteiger partial charge is 0.265 e. The van der Waals surface area contributed by atoms with Crippen molar-refractivity contribution in [2.75, 3.05) is 30.0 Å². The van der Waals surface area contributed by atoms with Crippen molar-refractivity contribution in [1.82, 2.24) is 4.98 Å². The maximum atomic E-state index is 14.2. The molecule has 10 heteroatoms. The Bertz CT molecular complexity index is 1030. The van der Waals surface area contributed by atoms with Crippen LogP contribution in [-0.4, -0.2) is 59.8 Å². The van der Waals surface area contributed by atoms with Crippen molar-refractivity contribution >= 4 is 43.5 Å². The highest BCUT2D eigenvalue weighted by Gasteiger charge is 2.28. The van der Waals surface area contributed by atoms with Crippen LogP contribution in [0.25, 0.3) is 10.9 Å². The van der Waals surface area contributed by atoms with Crippen molar-refractivity contribution in [2.24, 2.45) is 10.9 Å². The van der Waals surface area contributed by atoms with Crippen LogP contribution in [0.3, 0.4) is 0 Å². The van der Waals surface area contributed by atoms with E-state index in [-0.39, 0.29) is 17.9 Å². The normalized spacial score (nSPS) is 22.0. The molecule has 2 aliphatic rings. The van der Waals surface area contributed by atoms with Crippen LogP contribution >= 0.6 is 11.8 Å². The van der Waals surface area contributed by atoms with Gasteiger partial charge < -0.3 is 15.0 Å². The molecule has 0 saturated carbocycles. The lowest BCUT2D eigenvalue weighted by Crippen LogP contribution is -2.27. The number of aliphatic imine (C=N–C) groups is 1. The molecule has 4 rings (SSSR count). The lowest BCUT2D eigenvalue weighted by Gasteiger charge is -2.24. The number of rotatable bonds is 6. The van der Waals surface area contributed by atoms with E-state index in [0.29, 0.717) is 24.7 Å². The standard InChI is InChI=1S/C19H23FN3O4S2/c1-11(10-29(24,25)26)17-9-28-19(23-17)16-7-12-6-13(20)8-15(18(12)22-16)21-14-2-4-27-5-3-14/h6-8,11,14,17,21-22H,1-5,9-10H2,(H,24,25,26)/t11?,17-/m0/s1. The van der Waals surface area contributed by atoms with E-state index >= 15 is 0 Å². The zero-order valence-electron chi connectivity index (χ0n) is 15.7. The Balaban J connectivity index is 1.59. The number of hydrogen-bond acceptors (Lipinski definition) is 6. The molecule has 1 radical (unpaired) electrons. The molecule has 1 aromatic heterocycles. The number of ether oxygens (including phenoxy) is 1. The third kappa shape index (κ3) is 4.93. The molecule has 2 aromatic rings. The molecule has 2 aliphatic heterocycles. The molecular formula is C19H23FN3O4S2. The van der Waals surface area contributed by atoms with Gasteiger partial charge in [-0.05, 0) is 43.9 Å². The molecule has 29 heavy (non-hydrogen) atoms. The number of nitrogens with zero attached hydrogens (tertiary/aromatic N) is 1. The van der Waals surface area contributed by atoms with Gasteiger partial charge in [-0.2, -0.15) is 8.42 Å². The van der Waals surface area contributed by atoms with E-state index in [1.807, 2.05) is 6.07 Å². The average Bonchev–Trinajstić information content (AvgIpc) is 3.28. The molecule has 157 valence electrons. The van der Waals surface area contributed by atoms with Crippen molar-refractivity contribution in [1.29, 1.82) is 0 Å². The van der Waals surface area contributed by atoms with Gasteiger partial charge in [-0.15, -0.1) is 11.8 Å². The Kier molecular flexibility index (Phi) is 5.87. The van der Waals surface area contributed by atoms with E-state index in [1.54, 1.807) is 0 Å². The SMILES string of the molecule is [CH2]C(CS(=O)(=O)O)[C@@H]1CSC(c2cc3cc(F)cc(NC4CCOCC4)c3[nH]2)=N1. The van der Waals surface area contributed by atoms with Gasteiger partial charge in [-0.3, -0.25) is 9.55 Å². The Hall–Kier alpha value is -1.62. The fraction of sp³-hybridized carbons (Fsp3) is 0.474. The highest BCUT2D eigenvalue weighted by molar-refractivity contribution is 8.14. The van der Waals surface area contributed by atoms with Gasteiger partial charge in [0.25, 0.3) is 10.1 Å². The number of thioether (sulfide) groups is 1. The summed E-state index contributed by atoms with van der Waals surface area (Å²) in [5.41, 5.74) is 2.27. The first kappa shape index (κ1) is 20.6. The fourth-order valence-electron chi connectivity index (χ4n) is 3.66. The Morgan fingerprint density at radius 1 is 1.38 bits per heavy atom. The largest absolute Gasteiger partial charge is 0.381 e. The minimum absolute atomic E-state index is 0.232. The van der Waals surface area contributed by atoms with Gasteiger partial charge in [0.05, 0.1) is 28.7 Å². The van der Waals surface area contributed by atoms with Gasteiger partial charge in [-0.1, -0.05) is 0 Å². The summed E-state index contributed by atoms with van der Waals surface area (Å²) in [7, 11) is -4.10. The number of aromatic amines is 1. The van der Waals surface area contributed by atoms with Crippen molar-refractivity contribution in [3.8, 4) is 0 Å². The average molecular weight is 441 g/mol. The monoisotopic (exact) mass is 440 g/mol. The maximum absolute atomic E-state index is 14.2. The summed E-state index contributed by atoms with van der Waals surface area (Å²) in [6.45, 7) is 5.21. The molecule has 1 unspecified atom stereocenters. The van der Waals surface area contributed by atoms with Crippen molar-refractivity contribution < 1.29 is 22.1 Å². The molecule has 1 fully saturated rings. The molecule has 0 aliphatic carbocycles. The first-order chi connectivity index (χ1) is 13.8. The molecule has 3 heterocycles. The van der Waals surface area contributed by atoms with Crippen LogP contribution in [0.5, 0.6) is 0 Å². The first-order valence-electron chi connectivity index (χ1n) is 9.44. The van der Waals surface area contributed by atoms with Crippen LogP contribution in [0.15, 0.2) is 23.2 Å². The van der Waals surface area contributed by atoms with Gasteiger partial charge in [-0.25, -0.2) is 4.39 Å². The van der Waals surface area contributed by atoms with E-state index < -0.39 is 21.8 Å². The van der Waals surface area contributed by atoms with E-state index in [0.717, 1.165) is 34.5 Å². The highest BCUT2D eigenvalue weighted by atomic mass is 32.2. The lowest BCUT2D eigenvalue weighted by molar-refractivity contribution is 0.0905. The van der Waals surface area contributed by atoms with Crippen molar-refractivity contribution in [2.45, 2.75) is 24.9 Å². The lowest BCUT2D eigenvalue weighted by atomic mass is 10.1. The summed E-state index contributed by atoms with van der Waals surface area (Å²) in [5.74, 6) is -0.702. The summed E-state index contributed by atoms with van der Waals surface area (Å²) in [4.78, 5) is 7.92. The summed E-state index contributed by atoms with van der Waals surface area (Å²) in [6.07, 6.45) is 1.74. The topological polar surface area (TPSA) is 104 Å². The second-order valence-corrected chi connectivity index (χ2v) is 9.96. The van der Waals surface area contributed by atoms with E-state index in [4.69, 9.17) is 9.29 Å². The minimum Gasteiger partial charge on any atom is -0.381 e. The molecule has 1 aromatic carbocycles. The van der Waals surface area contributed by atoms with Gasteiger partial charge in [0.1, 0.15) is 10.9 Å². The molecular weight excluding hydrogens is 417 g/mol. The molecule has 3 N–H and O–H groups in total. The zero-order valence-corrected chi connectivity index (χ0v) is 17.4. The Morgan fingerprint density at radius 3 is 2.86 bits per heavy atom. The Morgan fingerprint density at radius 2 is 2.14 bits per heavy atom. The molecule has 0 amide bonds. The first-order valence-corrected chi connectivity index (χ1v) is 12.0. The van der Waals surface area contributed by atoms with Crippen LogP contribution in [0.4, 0.5) is 10.1 Å². The number of benzene rings is 1. The van der Waals surface area contributed by atoms with Crippen LogP contribution in [0.1, 0.15) is 18.5 Å². The third-order valence-corrected chi connectivity index (χ3v) is 7.10. The second kappa shape index (κ2) is 8.25. The van der Waals surface area contributed by atoms with E-state index in [2.05, 4.69) is 22.2 Å². The highest BCUT2D eigenvalue weighted by Crippen LogP contribution is 2.32. The fourth-order valence-corrected chi connectivity index (χ4v) is 5.57. The van der Waals surface area contributed by atoms with Crippen molar-refractivity contribution in [3.05, 3.63) is 36.6 Å². The molecule has 7 nitrogen and oxygen atoms in total. The van der Waals surface area contributed by atoms with Gasteiger partial charge in [0, 0.05) is 30.4 Å². The second-order valence-electron chi connectivity index (χ2n) is 7.45. The van der Waals surface area contributed by atoms with Crippen LogP contribution < -0.4 is 5.32 Å².